The first-order chi connectivity index (χ1) is 4.83. The molecule has 10 heavy (non-hydrogen) atoms. The van der Waals surface area contributed by atoms with Crippen LogP contribution in [-0.4, -0.2) is 25.0 Å². The summed E-state index contributed by atoms with van der Waals surface area (Å²) in [6, 6.07) is 0.0395. The predicted octanol–water partition coefficient (Wildman–Crippen LogP) is -0.562. The van der Waals surface area contributed by atoms with Crippen molar-refractivity contribution in [2.24, 2.45) is 0 Å². The summed E-state index contributed by atoms with van der Waals surface area (Å²) < 4.78 is 4.47. The quantitative estimate of drug-likeness (QED) is 0.539. The smallest absolute Gasteiger partial charge is 0.293 e. The monoisotopic (exact) mass is 143 g/mol. The van der Waals surface area contributed by atoms with Gasteiger partial charge in [-0.15, -0.1) is 0 Å². The van der Waals surface area contributed by atoms with E-state index >= 15 is 0 Å². The molecule has 1 rings (SSSR count). The molecule has 0 saturated carbocycles. The minimum absolute atomic E-state index is 0.0395. The minimum Gasteiger partial charge on any atom is -0.466 e. The molecule has 1 saturated heterocycles. The van der Waals surface area contributed by atoms with Gasteiger partial charge in [0.2, 0.25) is 5.91 Å². The lowest BCUT2D eigenvalue weighted by Crippen LogP contribution is -2.29. The van der Waals surface area contributed by atoms with Crippen molar-refractivity contribution in [3.8, 4) is 0 Å². The molecule has 4 nitrogen and oxygen atoms in total. The maximum Gasteiger partial charge on any atom is 0.293 e. The SMILES string of the molecule is O=COCC1CCC(=O)N1. The summed E-state index contributed by atoms with van der Waals surface area (Å²) >= 11 is 0. The number of carbonyl (C=O) groups is 2. The van der Waals surface area contributed by atoms with Gasteiger partial charge in [0.1, 0.15) is 6.61 Å². The van der Waals surface area contributed by atoms with Crippen LogP contribution in [0.3, 0.4) is 0 Å². The molecular weight excluding hydrogens is 134 g/mol. The van der Waals surface area contributed by atoms with Crippen LogP contribution in [0.5, 0.6) is 0 Å². The Hall–Kier alpha value is -1.06. The Morgan fingerprint density at radius 1 is 1.80 bits per heavy atom. The lowest BCUT2D eigenvalue weighted by atomic mass is 10.2. The Morgan fingerprint density at radius 2 is 2.60 bits per heavy atom. The fourth-order valence-corrected chi connectivity index (χ4v) is 0.958. The molecule has 0 aromatic rings. The van der Waals surface area contributed by atoms with Crippen LogP contribution in [0.25, 0.3) is 0 Å². The third kappa shape index (κ3) is 1.72. The van der Waals surface area contributed by atoms with Crippen molar-refractivity contribution in [2.75, 3.05) is 6.61 Å². The zero-order chi connectivity index (χ0) is 7.40. The van der Waals surface area contributed by atoms with E-state index in [1.54, 1.807) is 0 Å². The summed E-state index contributed by atoms with van der Waals surface area (Å²) in [6.07, 6.45) is 1.32. The van der Waals surface area contributed by atoms with E-state index in [2.05, 4.69) is 10.1 Å². The van der Waals surface area contributed by atoms with Crippen LogP contribution in [0.15, 0.2) is 0 Å². The molecule has 0 bridgehead atoms. The van der Waals surface area contributed by atoms with Crippen LogP contribution in [0.4, 0.5) is 0 Å². The number of nitrogens with one attached hydrogen (secondary N) is 1. The zero-order valence-electron chi connectivity index (χ0n) is 5.50. The van der Waals surface area contributed by atoms with E-state index in [9.17, 15) is 9.59 Å². The Morgan fingerprint density at radius 3 is 3.10 bits per heavy atom. The molecule has 0 aromatic carbocycles. The van der Waals surface area contributed by atoms with Gasteiger partial charge in [-0.1, -0.05) is 0 Å². The summed E-state index contributed by atoms with van der Waals surface area (Å²) in [4.78, 5) is 20.3. The molecule has 0 aromatic heterocycles. The highest BCUT2D eigenvalue weighted by molar-refractivity contribution is 5.78. The molecule has 56 valence electrons. The molecule has 1 aliphatic rings. The first-order valence-electron chi connectivity index (χ1n) is 3.17. The van der Waals surface area contributed by atoms with E-state index in [4.69, 9.17) is 0 Å². The van der Waals surface area contributed by atoms with Crippen molar-refractivity contribution >= 4 is 12.4 Å². The first-order valence-corrected chi connectivity index (χ1v) is 3.17. The Balaban J connectivity index is 2.18. The summed E-state index contributed by atoms with van der Waals surface area (Å²) in [6.45, 7) is 0.694. The van der Waals surface area contributed by atoms with Gasteiger partial charge in [-0.25, -0.2) is 0 Å². The van der Waals surface area contributed by atoms with Gasteiger partial charge in [0.25, 0.3) is 6.47 Å². The molecule has 1 aliphatic heterocycles. The van der Waals surface area contributed by atoms with Crippen LogP contribution in [0.1, 0.15) is 12.8 Å². The molecule has 4 heteroatoms. The predicted molar refractivity (Wildman–Crippen MR) is 33.2 cm³/mol. The highest BCUT2D eigenvalue weighted by Crippen LogP contribution is 2.05. The van der Waals surface area contributed by atoms with Crippen molar-refractivity contribution in [1.82, 2.24) is 5.32 Å². The molecule has 0 spiro atoms. The fraction of sp³-hybridized carbons (Fsp3) is 0.667. The standard InChI is InChI=1S/C6H9NO3/c8-4-10-3-5-1-2-6(9)7-5/h4-5H,1-3H2,(H,7,9). The van der Waals surface area contributed by atoms with Gasteiger partial charge in [-0.3, -0.25) is 9.59 Å². The van der Waals surface area contributed by atoms with E-state index in [1.165, 1.54) is 0 Å². The topological polar surface area (TPSA) is 55.4 Å². The molecule has 1 fully saturated rings. The molecule has 1 amide bonds. The van der Waals surface area contributed by atoms with Gasteiger partial charge < -0.3 is 10.1 Å². The maximum absolute atomic E-state index is 10.6. The number of rotatable bonds is 3. The average molecular weight is 143 g/mol. The van der Waals surface area contributed by atoms with Crippen molar-refractivity contribution < 1.29 is 14.3 Å². The molecular formula is C6H9NO3. The third-order valence-corrected chi connectivity index (χ3v) is 1.45. The van der Waals surface area contributed by atoms with Gasteiger partial charge in [0.15, 0.2) is 0 Å². The molecule has 1 atom stereocenters. The van der Waals surface area contributed by atoms with Crippen LogP contribution in [0, 0.1) is 0 Å². The van der Waals surface area contributed by atoms with E-state index in [0.717, 1.165) is 6.42 Å². The summed E-state index contributed by atoms with van der Waals surface area (Å²) in [5.74, 6) is 0.0412. The first kappa shape index (κ1) is 7.05. The number of hydrogen-bond acceptors (Lipinski definition) is 3. The van der Waals surface area contributed by atoms with E-state index in [-0.39, 0.29) is 11.9 Å². The van der Waals surface area contributed by atoms with Gasteiger partial charge >= 0.3 is 0 Å². The summed E-state index contributed by atoms with van der Waals surface area (Å²) in [5, 5.41) is 2.67. The van der Waals surface area contributed by atoms with Gasteiger partial charge in [-0.2, -0.15) is 0 Å². The van der Waals surface area contributed by atoms with E-state index < -0.39 is 0 Å². The van der Waals surface area contributed by atoms with Crippen LogP contribution in [-0.2, 0) is 14.3 Å². The third-order valence-electron chi connectivity index (χ3n) is 1.45. The molecule has 1 N–H and O–H groups in total. The molecule has 1 unspecified atom stereocenters. The van der Waals surface area contributed by atoms with Crippen LogP contribution >= 0.6 is 0 Å². The normalized spacial score (nSPS) is 24.0. The number of ether oxygens (including phenoxy) is 1. The minimum atomic E-state index is 0.0395. The van der Waals surface area contributed by atoms with Crippen molar-refractivity contribution in [3.05, 3.63) is 0 Å². The largest absolute Gasteiger partial charge is 0.466 e. The van der Waals surface area contributed by atoms with Crippen molar-refractivity contribution in [3.63, 3.8) is 0 Å². The Labute approximate surface area is 58.5 Å². The fourth-order valence-electron chi connectivity index (χ4n) is 0.958. The average Bonchev–Trinajstić information content (AvgIpc) is 2.31. The molecule has 1 heterocycles. The van der Waals surface area contributed by atoms with Crippen molar-refractivity contribution in [2.45, 2.75) is 18.9 Å². The van der Waals surface area contributed by atoms with E-state index in [1.807, 2.05) is 0 Å². The Bertz CT molecular complexity index is 146. The molecule has 0 aliphatic carbocycles. The highest BCUT2D eigenvalue weighted by Gasteiger charge is 2.20. The van der Waals surface area contributed by atoms with Crippen LogP contribution in [0.2, 0.25) is 0 Å². The Kier molecular flexibility index (Phi) is 2.25. The second kappa shape index (κ2) is 3.20. The number of hydrogen-bond donors (Lipinski definition) is 1. The van der Waals surface area contributed by atoms with E-state index in [0.29, 0.717) is 19.5 Å². The van der Waals surface area contributed by atoms with Gasteiger partial charge in [-0.05, 0) is 6.42 Å². The second-order valence-electron chi connectivity index (χ2n) is 2.23. The van der Waals surface area contributed by atoms with Crippen molar-refractivity contribution in [1.29, 1.82) is 0 Å². The second-order valence-corrected chi connectivity index (χ2v) is 2.23. The van der Waals surface area contributed by atoms with Crippen LogP contribution < -0.4 is 5.32 Å². The van der Waals surface area contributed by atoms with Gasteiger partial charge in [0.05, 0.1) is 6.04 Å². The highest BCUT2D eigenvalue weighted by atomic mass is 16.5. The maximum atomic E-state index is 10.6. The summed E-state index contributed by atoms with van der Waals surface area (Å²) in [7, 11) is 0. The number of carbonyl (C=O) groups excluding carboxylic acids is 2. The number of amides is 1. The zero-order valence-corrected chi connectivity index (χ0v) is 5.50. The summed E-state index contributed by atoms with van der Waals surface area (Å²) in [5.41, 5.74) is 0. The molecule has 0 radical (unpaired) electrons. The van der Waals surface area contributed by atoms with Gasteiger partial charge in [0, 0.05) is 6.42 Å². The lowest BCUT2D eigenvalue weighted by Gasteiger charge is -2.05. The lowest BCUT2D eigenvalue weighted by molar-refractivity contribution is -0.130.